The molecule has 3 atom stereocenters. The summed E-state index contributed by atoms with van der Waals surface area (Å²) in [7, 11) is 1.41. The third kappa shape index (κ3) is 3.23. The van der Waals surface area contributed by atoms with Crippen LogP contribution in [0, 0.1) is 12.8 Å². The molecule has 1 aromatic carbocycles. The number of piperazine rings is 1. The summed E-state index contributed by atoms with van der Waals surface area (Å²) in [6.45, 7) is 3.67. The van der Waals surface area contributed by atoms with Crippen LogP contribution in [0.15, 0.2) is 36.7 Å². The van der Waals surface area contributed by atoms with Gasteiger partial charge in [0.05, 0.1) is 37.6 Å². The molecule has 0 unspecified atom stereocenters. The van der Waals surface area contributed by atoms with Crippen molar-refractivity contribution in [2.45, 2.75) is 32.0 Å². The summed E-state index contributed by atoms with van der Waals surface area (Å²) in [6, 6.07) is 9.53. The zero-order valence-corrected chi connectivity index (χ0v) is 15.6. The minimum Gasteiger partial charge on any atom is -0.469 e. The largest absolute Gasteiger partial charge is 0.469 e. The Morgan fingerprint density at radius 3 is 2.78 bits per heavy atom. The smallest absolute Gasteiger partial charge is 0.311 e. The Labute approximate surface area is 158 Å². The van der Waals surface area contributed by atoms with Gasteiger partial charge in [-0.3, -0.25) is 14.5 Å². The molecule has 2 fully saturated rings. The number of nitrogens with zero attached hydrogens (tertiary/aromatic N) is 3. The summed E-state index contributed by atoms with van der Waals surface area (Å²) in [5.74, 6) is -0.529. The zero-order chi connectivity index (χ0) is 19.0. The maximum atomic E-state index is 13.0. The van der Waals surface area contributed by atoms with Gasteiger partial charge in [0.15, 0.2) is 0 Å². The molecule has 7 heteroatoms. The molecule has 2 aliphatic heterocycles. The highest BCUT2D eigenvalue weighted by molar-refractivity contribution is 5.83. The zero-order valence-electron chi connectivity index (χ0n) is 15.6. The Kier molecular flexibility index (Phi) is 4.70. The second-order valence-electron chi connectivity index (χ2n) is 7.32. The van der Waals surface area contributed by atoms with Gasteiger partial charge >= 0.3 is 5.97 Å². The van der Waals surface area contributed by atoms with E-state index in [0.717, 1.165) is 23.5 Å². The van der Waals surface area contributed by atoms with E-state index in [4.69, 9.17) is 4.74 Å². The molecule has 2 aromatic rings. The summed E-state index contributed by atoms with van der Waals surface area (Å²) < 4.78 is 5.05. The van der Waals surface area contributed by atoms with Gasteiger partial charge in [-0.2, -0.15) is 0 Å². The third-order valence-electron chi connectivity index (χ3n) is 5.67. The van der Waals surface area contributed by atoms with Crippen LogP contribution in [0.25, 0.3) is 0 Å². The highest BCUT2D eigenvalue weighted by atomic mass is 16.5. The molecule has 1 amide bonds. The van der Waals surface area contributed by atoms with Crippen molar-refractivity contribution in [3.8, 4) is 0 Å². The Hall–Kier alpha value is -2.67. The average molecular weight is 368 g/mol. The van der Waals surface area contributed by atoms with E-state index in [0.29, 0.717) is 19.5 Å². The van der Waals surface area contributed by atoms with Gasteiger partial charge in [0.1, 0.15) is 0 Å². The number of amides is 1. The van der Waals surface area contributed by atoms with Crippen molar-refractivity contribution in [3.05, 3.63) is 53.6 Å². The van der Waals surface area contributed by atoms with Crippen molar-refractivity contribution in [1.82, 2.24) is 19.8 Å². The van der Waals surface area contributed by atoms with Gasteiger partial charge in [-0.15, -0.1) is 0 Å². The van der Waals surface area contributed by atoms with Crippen molar-refractivity contribution in [1.29, 1.82) is 0 Å². The fourth-order valence-electron chi connectivity index (χ4n) is 4.41. The Bertz CT molecular complexity index is 835. The first-order valence-electron chi connectivity index (χ1n) is 9.23. The number of imidazole rings is 1. The summed E-state index contributed by atoms with van der Waals surface area (Å²) >= 11 is 0. The molecule has 0 aliphatic carbocycles. The van der Waals surface area contributed by atoms with Gasteiger partial charge in [0.2, 0.25) is 5.91 Å². The van der Waals surface area contributed by atoms with Crippen LogP contribution in [0.3, 0.4) is 0 Å². The second kappa shape index (κ2) is 7.15. The van der Waals surface area contributed by atoms with Gasteiger partial charge in [-0.05, 0) is 18.9 Å². The van der Waals surface area contributed by atoms with E-state index in [2.05, 4.69) is 14.9 Å². The number of aryl methyl sites for hydroxylation is 1. The molecule has 3 heterocycles. The number of H-pyrrole nitrogens is 1. The van der Waals surface area contributed by atoms with Gasteiger partial charge in [-0.25, -0.2) is 4.98 Å². The lowest BCUT2D eigenvalue weighted by Crippen LogP contribution is -2.54. The molecule has 2 aliphatic rings. The van der Waals surface area contributed by atoms with E-state index in [1.165, 1.54) is 7.11 Å². The van der Waals surface area contributed by atoms with E-state index < -0.39 is 0 Å². The molecule has 1 aromatic heterocycles. The van der Waals surface area contributed by atoms with Gasteiger partial charge in [0.25, 0.3) is 0 Å². The fraction of sp³-hybridized carbons (Fsp3) is 0.450. The standard InChI is InChI=1S/C20H24N4O3/c1-13-17(22-12-21-13)10-23-9-15-8-16(20(26)27-2)19(24(15)18(25)11-23)14-6-4-3-5-7-14/h3-7,12,15-16,19H,8-11H2,1-2H3,(H,21,22)/t15-,16-,19-/m0/s1. The fourth-order valence-corrected chi connectivity index (χ4v) is 4.41. The van der Waals surface area contributed by atoms with Crippen LogP contribution in [-0.2, 0) is 20.9 Å². The number of carbonyl (C=O) groups excluding carboxylic acids is 2. The molecule has 4 rings (SSSR count). The number of aromatic amines is 1. The first-order valence-corrected chi connectivity index (χ1v) is 9.23. The molecular weight excluding hydrogens is 344 g/mol. The maximum absolute atomic E-state index is 13.0. The SMILES string of the molecule is COC(=O)[C@H]1C[C@H]2CN(Cc3nc[nH]c3C)CC(=O)N2[C@H]1c1ccccc1. The summed E-state index contributed by atoms with van der Waals surface area (Å²) in [5.41, 5.74) is 2.96. The number of hydrogen-bond acceptors (Lipinski definition) is 5. The van der Waals surface area contributed by atoms with E-state index in [9.17, 15) is 9.59 Å². The molecular formula is C20H24N4O3. The highest BCUT2D eigenvalue weighted by Crippen LogP contribution is 2.43. The van der Waals surface area contributed by atoms with E-state index in [1.807, 2.05) is 42.2 Å². The topological polar surface area (TPSA) is 78.5 Å². The summed E-state index contributed by atoms with van der Waals surface area (Å²) in [4.78, 5) is 36.9. The Morgan fingerprint density at radius 2 is 2.11 bits per heavy atom. The van der Waals surface area contributed by atoms with Crippen molar-refractivity contribution < 1.29 is 14.3 Å². The molecule has 27 heavy (non-hydrogen) atoms. The van der Waals surface area contributed by atoms with E-state index >= 15 is 0 Å². The number of esters is 1. The van der Waals surface area contributed by atoms with Crippen molar-refractivity contribution in [3.63, 3.8) is 0 Å². The van der Waals surface area contributed by atoms with E-state index in [-0.39, 0.29) is 29.9 Å². The molecule has 1 N–H and O–H groups in total. The number of rotatable bonds is 4. The molecule has 0 radical (unpaired) electrons. The third-order valence-corrected chi connectivity index (χ3v) is 5.67. The van der Waals surface area contributed by atoms with Crippen LogP contribution in [-0.4, -0.2) is 57.9 Å². The summed E-state index contributed by atoms with van der Waals surface area (Å²) in [6.07, 6.45) is 2.30. The number of aromatic nitrogens is 2. The average Bonchev–Trinajstić information content (AvgIpc) is 3.26. The second-order valence-corrected chi connectivity index (χ2v) is 7.32. The predicted octanol–water partition coefficient (Wildman–Crippen LogP) is 1.67. The minimum atomic E-state index is -0.335. The number of methoxy groups -OCH3 is 1. The quantitative estimate of drug-likeness (QED) is 0.831. The molecule has 7 nitrogen and oxygen atoms in total. The molecule has 142 valence electrons. The molecule has 0 spiro atoms. The lowest BCUT2D eigenvalue weighted by atomic mass is 9.93. The first kappa shape index (κ1) is 17.7. The van der Waals surface area contributed by atoms with Crippen LogP contribution in [0.2, 0.25) is 0 Å². The van der Waals surface area contributed by atoms with Crippen molar-refractivity contribution in [2.75, 3.05) is 20.2 Å². The van der Waals surface area contributed by atoms with Crippen molar-refractivity contribution >= 4 is 11.9 Å². The molecule has 0 saturated carbocycles. The lowest BCUT2D eigenvalue weighted by Gasteiger charge is -2.40. The van der Waals surface area contributed by atoms with Gasteiger partial charge < -0.3 is 14.6 Å². The Balaban J connectivity index is 1.59. The van der Waals surface area contributed by atoms with Crippen molar-refractivity contribution in [2.24, 2.45) is 5.92 Å². The van der Waals surface area contributed by atoms with Gasteiger partial charge in [-0.1, -0.05) is 30.3 Å². The number of nitrogens with one attached hydrogen (secondary N) is 1. The number of ether oxygens (including phenoxy) is 1. The number of fused-ring (bicyclic) bond motifs is 1. The molecule has 2 saturated heterocycles. The van der Waals surface area contributed by atoms with E-state index in [1.54, 1.807) is 6.33 Å². The highest BCUT2D eigenvalue weighted by Gasteiger charge is 2.50. The number of carbonyl (C=O) groups is 2. The van der Waals surface area contributed by atoms with Crippen LogP contribution in [0.1, 0.15) is 29.4 Å². The number of hydrogen-bond donors (Lipinski definition) is 1. The first-order chi connectivity index (χ1) is 13.1. The molecule has 0 bridgehead atoms. The normalized spacial score (nSPS) is 25.5. The minimum absolute atomic E-state index is 0.000181. The Morgan fingerprint density at radius 1 is 1.33 bits per heavy atom. The van der Waals surface area contributed by atoms with Crippen LogP contribution in [0.4, 0.5) is 0 Å². The monoisotopic (exact) mass is 368 g/mol. The number of benzene rings is 1. The predicted molar refractivity (Wildman–Crippen MR) is 98.5 cm³/mol. The summed E-state index contributed by atoms with van der Waals surface area (Å²) in [5, 5.41) is 0. The van der Waals surface area contributed by atoms with Crippen LogP contribution in [0.5, 0.6) is 0 Å². The van der Waals surface area contributed by atoms with Crippen LogP contribution < -0.4 is 0 Å². The van der Waals surface area contributed by atoms with Crippen LogP contribution >= 0.6 is 0 Å². The van der Waals surface area contributed by atoms with Gasteiger partial charge in [0, 0.05) is 24.8 Å². The maximum Gasteiger partial charge on any atom is 0.311 e. The lowest BCUT2D eigenvalue weighted by molar-refractivity contribution is -0.147.